The fourth-order valence-corrected chi connectivity index (χ4v) is 1.53. The van der Waals surface area contributed by atoms with Gasteiger partial charge in [-0.2, -0.15) is 5.26 Å². The summed E-state index contributed by atoms with van der Waals surface area (Å²) in [5.41, 5.74) is 6.06. The summed E-state index contributed by atoms with van der Waals surface area (Å²) in [7, 11) is 0. The van der Waals surface area contributed by atoms with E-state index >= 15 is 0 Å². The second-order valence-corrected chi connectivity index (χ2v) is 3.79. The molecule has 14 heavy (non-hydrogen) atoms. The molecule has 1 rings (SSSR count). The van der Waals surface area contributed by atoms with Gasteiger partial charge in [-0.15, -0.1) is 0 Å². The van der Waals surface area contributed by atoms with Crippen molar-refractivity contribution in [2.45, 2.75) is 12.5 Å². The molecule has 1 atom stereocenters. The SMILES string of the molecule is C[C@@](N)(CO)c1ccc(C#N)cc1Cl. The Morgan fingerprint density at radius 2 is 2.29 bits per heavy atom. The smallest absolute Gasteiger partial charge is 0.0992 e. The van der Waals surface area contributed by atoms with Crippen molar-refractivity contribution in [3.63, 3.8) is 0 Å². The number of benzene rings is 1. The van der Waals surface area contributed by atoms with E-state index in [1.165, 1.54) is 6.07 Å². The van der Waals surface area contributed by atoms with Crippen molar-refractivity contribution < 1.29 is 5.11 Å². The quantitative estimate of drug-likeness (QED) is 0.775. The van der Waals surface area contributed by atoms with Gasteiger partial charge in [0.15, 0.2) is 0 Å². The molecule has 0 radical (unpaired) electrons. The first kappa shape index (κ1) is 11.0. The van der Waals surface area contributed by atoms with Crippen LogP contribution in [0.15, 0.2) is 18.2 Å². The topological polar surface area (TPSA) is 70.0 Å². The summed E-state index contributed by atoms with van der Waals surface area (Å²) in [6, 6.07) is 6.81. The maximum Gasteiger partial charge on any atom is 0.0992 e. The molecule has 74 valence electrons. The van der Waals surface area contributed by atoms with E-state index in [4.69, 9.17) is 27.7 Å². The molecule has 0 unspecified atom stereocenters. The molecule has 0 bridgehead atoms. The lowest BCUT2D eigenvalue weighted by molar-refractivity contribution is 0.210. The molecule has 1 aromatic carbocycles. The molecule has 0 heterocycles. The average molecular weight is 211 g/mol. The van der Waals surface area contributed by atoms with Crippen LogP contribution in [-0.2, 0) is 5.54 Å². The normalized spacial score (nSPS) is 14.5. The Morgan fingerprint density at radius 3 is 2.71 bits per heavy atom. The Labute approximate surface area is 87.7 Å². The van der Waals surface area contributed by atoms with Crippen molar-refractivity contribution in [1.82, 2.24) is 0 Å². The van der Waals surface area contributed by atoms with Gasteiger partial charge in [0, 0.05) is 5.02 Å². The maximum atomic E-state index is 9.05. The van der Waals surface area contributed by atoms with Gasteiger partial charge in [0.25, 0.3) is 0 Å². The number of aliphatic hydroxyl groups excluding tert-OH is 1. The molecular weight excluding hydrogens is 200 g/mol. The predicted octanol–water partition coefficient (Wildman–Crippen LogP) is 1.38. The summed E-state index contributed by atoms with van der Waals surface area (Å²) in [6.07, 6.45) is 0. The van der Waals surface area contributed by atoms with E-state index in [1.807, 2.05) is 6.07 Å². The molecule has 0 amide bonds. The number of nitrogens with two attached hydrogens (primary N) is 1. The molecular formula is C10H11ClN2O. The van der Waals surface area contributed by atoms with Crippen LogP contribution in [0.25, 0.3) is 0 Å². The summed E-state index contributed by atoms with van der Waals surface area (Å²) < 4.78 is 0. The van der Waals surface area contributed by atoms with Crippen LogP contribution in [0.5, 0.6) is 0 Å². The highest BCUT2D eigenvalue weighted by Gasteiger charge is 2.22. The minimum atomic E-state index is -0.870. The van der Waals surface area contributed by atoms with Crippen LogP contribution >= 0.6 is 11.6 Å². The first-order chi connectivity index (χ1) is 6.51. The zero-order valence-electron chi connectivity index (χ0n) is 7.79. The molecule has 0 fully saturated rings. The van der Waals surface area contributed by atoms with E-state index in [1.54, 1.807) is 19.1 Å². The standard InChI is InChI=1S/C10H11ClN2O/c1-10(13,6-14)8-3-2-7(5-12)4-9(8)11/h2-4,14H,6,13H2,1H3/t10-/m1/s1. The van der Waals surface area contributed by atoms with Gasteiger partial charge < -0.3 is 10.8 Å². The van der Waals surface area contributed by atoms with Crippen molar-refractivity contribution in [2.75, 3.05) is 6.61 Å². The lowest BCUT2D eigenvalue weighted by Crippen LogP contribution is -2.37. The van der Waals surface area contributed by atoms with Crippen LogP contribution in [0.4, 0.5) is 0 Å². The number of nitriles is 1. The van der Waals surface area contributed by atoms with Gasteiger partial charge in [-0.1, -0.05) is 17.7 Å². The van der Waals surface area contributed by atoms with Crippen LogP contribution in [0.1, 0.15) is 18.1 Å². The first-order valence-corrected chi connectivity index (χ1v) is 4.49. The number of nitrogens with zero attached hydrogens (tertiary/aromatic N) is 1. The molecule has 3 nitrogen and oxygen atoms in total. The lowest BCUT2D eigenvalue weighted by Gasteiger charge is -2.23. The van der Waals surface area contributed by atoms with Crippen LogP contribution in [-0.4, -0.2) is 11.7 Å². The molecule has 0 saturated heterocycles. The summed E-state index contributed by atoms with van der Waals surface area (Å²) in [5, 5.41) is 18.1. The zero-order valence-corrected chi connectivity index (χ0v) is 8.54. The third kappa shape index (κ3) is 2.05. The van der Waals surface area contributed by atoms with Gasteiger partial charge in [0.2, 0.25) is 0 Å². The Hall–Kier alpha value is -1.08. The minimum absolute atomic E-state index is 0.196. The van der Waals surface area contributed by atoms with Gasteiger partial charge in [0.05, 0.1) is 23.8 Å². The Morgan fingerprint density at radius 1 is 1.64 bits per heavy atom. The van der Waals surface area contributed by atoms with Gasteiger partial charge in [-0.05, 0) is 24.6 Å². The Bertz CT molecular complexity index is 382. The number of aliphatic hydroxyl groups is 1. The molecule has 0 aliphatic rings. The third-order valence-corrected chi connectivity index (χ3v) is 2.35. The molecule has 3 N–H and O–H groups in total. The second-order valence-electron chi connectivity index (χ2n) is 3.38. The highest BCUT2D eigenvalue weighted by Crippen LogP contribution is 2.26. The van der Waals surface area contributed by atoms with Crippen LogP contribution in [0.3, 0.4) is 0 Å². The van der Waals surface area contributed by atoms with Crippen molar-refractivity contribution in [1.29, 1.82) is 5.26 Å². The van der Waals surface area contributed by atoms with E-state index in [0.29, 0.717) is 16.1 Å². The number of hydrogen-bond donors (Lipinski definition) is 2. The highest BCUT2D eigenvalue weighted by atomic mass is 35.5. The molecule has 0 aliphatic carbocycles. The molecule has 1 aromatic rings. The van der Waals surface area contributed by atoms with Gasteiger partial charge >= 0.3 is 0 Å². The summed E-state index contributed by atoms with van der Waals surface area (Å²) in [6.45, 7) is 1.49. The van der Waals surface area contributed by atoms with Gasteiger partial charge in [0.1, 0.15) is 0 Å². The van der Waals surface area contributed by atoms with Crippen LogP contribution in [0, 0.1) is 11.3 Å². The summed E-state index contributed by atoms with van der Waals surface area (Å²) >= 11 is 5.93. The minimum Gasteiger partial charge on any atom is -0.394 e. The summed E-state index contributed by atoms with van der Waals surface area (Å²) in [4.78, 5) is 0. The van der Waals surface area contributed by atoms with E-state index in [0.717, 1.165) is 0 Å². The molecule has 0 aromatic heterocycles. The van der Waals surface area contributed by atoms with Crippen LogP contribution in [0.2, 0.25) is 5.02 Å². The second kappa shape index (κ2) is 3.97. The van der Waals surface area contributed by atoms with Gasteiger partial charge in [-0.3, -0.25) is 0 Å². The van der Waals surface area contributed by atoms with Crippen molar-refractivity contribution in [3.05, 3.63) is 34.3 Å². The fraction of sp³-hybridized carbons (Fsp3) is 0.300. The van der Waals surface area contributed by atoms with E-state index in [9.17, 15) is 0 Å². The molecule has 0 aliphatic heterocycles. The average Bonchev–Trinajstić information content (AvgIpc) is 2.17. The fourth-order valence-electron chi connectivity index (χ4n) is 1.13. The summed E-state index contributed by atoms with van der Waals surface area (Å²) in [5.74, 6) is 0. The lowest BCUT2D eigenvalue weighted by atomic mass is 9.93. The zero-order chi connectivity index (χ0) is 10.8. The molecule has 4 heteroatoms. The highest BCUT2D eigenvalue weighted by molar-refractivity contribution is 6.31. The van der Waals surface area contributed by atoms with Crippen molar-refractivity contribution in [3.8, 4) is 6.07 Å². The molecule has 0 saturated carbocycles. The predicted molar refractivity (Wildman–Crippen MR) is 54.8 cm³/mol. The van der Waals surface area contributed by atoms with Crippen molar-refractivity contribution >= 4 is 11.6 Å². The first-order valence-electron chi connectivity index (χ1n) is 4.11. The maximum absolute atomic E-state index is 9.05. The van der Waals surface area contributed by atoms with Gasteiger partial charge in [-0.25, -0.2) is 0 Å². The Kier molecular flexibility index (Phi) is 3.12. The molecule has 0 spiro atoms. The monoisotopic (exact) mass is 210 g/mol. The van der Waals surface area contributed by atoms with E-state index < -0.39 is 5.54 Å². The number of hydrogen-bond acceptors (Lipinski definition) is 3. The number of rotatable bonds is 2. The van der Waals surface area contributed by atoms with E-state index in [-0.39, 0.29) is 6.61 Å². The number of halogens is 1. The van der Waals surface area contributed by atoms with E-state index in [2.05, 4.69) is 0 Å². The largest absolute Gasteiger partial charge is 0.394 e. The van der Waals surface area contributed by atoms with Crippen molar-refractivity contribution in [2.24, 2.45) is 5.73 Å². The third-order valence-electron chi connectivity index (χ3n) is 2.04. The Balaban J connectivity index is 3.20. The van der Waals surface area contributed by atoms with Crippen LogP contribution < -0.4 is 5.73 Å².